The Bertz CT molecular complexity index is 425. The summed E-state index contributed by atoms with van der Waals surface area (Å²) in [5.74, 6) is 0.657. The summed E-state index contributed by atoms with van der Waals surface area (Å²) in [7, 11) is 0. The third-order valence-electron chi connectivity index (χ3n) is 4.04. The molecule has 0 bridgehead atoms. The zero-order chi connectivity index (χ0) is 10.5. The number of rotatable bonds is 1. The number of aromatic amines is 1. The molecule has 15 heavy (non-hydrogen) atoms. The van der Waals surface area contributed by atoms with E-state index in [4.69, 9.17) is 0 Å². The van der Waals surface area contributed by atoms with E-state index in [0.29, 0.717) is 17.4 Å². The first kappa shape index (κ1) is 9.16. The fraction of sp³-hybridized carbons (Fsp3) is 0.583. The number of aromatic nitrogens is 1. The van der Waals surface area contributed by atoms with E-state index >= 15 is 0 Å². The maximum atomic E-state index is 11.7. The Hall–Kier alpha value is -1.09. The van der Waals surface area contributed by atoms with Gasteiger partial charge in [-0.3, -0.25) is 4.79 Å². The average molecular weight is 205 g/mol. The van der Waals surface area contributed by atoms with Crippen molar-refractivity contribution in [3.05, 3.63) is 34.2 Å². The molecule has 0 radical (unpaired) electrons. The van der Waals surface area contributed by atoms with Crippen molar-refractivity contribution >= 4 is 0 Å². The van der Waals surface area contributed by atoms with Crippen LogP contribution in [0.2, 0.25) is 0 Å². The summed E-state index contributed by atoms with van der Waals surface area (Å²) in [5, 5.41) is 10.5. The molecule has 80 valence electrons. The molecule has 2 aliphatic rings. The molecule has 0 saturated heterocycles. The Morgan fingerprint density at radius 3 is 2.60 bits per heavy atom. The molecule has 3 nitrogen and oxygen atoms in total. The topological polar surface area (TPSA) is 53.1 Å². The molecule has 0 aliphatic heterocycles. The minimum Gasteiger partial charge on any atom is -0.384 e. The molecule has 3 rings (SSSR count). The smallest absolute Gasteiger partial charge is 0.187 e. The number of fused-ring (bicyclic) bond motifs is 1. The van der Waals surface area contributed by atoms with E-state index < -0.39 is 5.60 Å². The van der Waals surface area contributed by atoms with Crippen LogP contribution in [0.4, 0.5) is 0 Å². The van der Waals surface area contributed by atoms with Crippen molar-refractivity contribution in [2.75, 3.05) is 0 Å². The minimum atomic E-state index is -0.814. The van der Waals surface area contributed by atoms with Gasteiger partial charge in [0.15, 0.2) is 5.43 Å². The van der Waals surface area contributed by atoms with Crippen molar-refractivity contribution in [2.24, 2.45) is 11.8 Å². The summed E-state index contributed by atoms with van der Waals surface area (Å²) in [5.41, 5.74) is -0.279. The largest absolute Gasteiger partial charge is 0.384 e. The van der Waals surface area contributed by atoms with E-state index in [1.165, 1.54) is 18.9 Å². The zero-order valence-electron chi connectivity index (χ0n) is 8.57. The lowest BCUT2D eigenvalue weighted by Gasteiger charge is -2.08. The van der Waals surface area contributed by atoms with Crippen LogP contribution in [0.15, 0.2) is 23.3 Å². The van der Waals surface area contributed by atoms with Gasteiger partial charge in [0.2, 0.25) is 0 Å². The predicted molar refractivity (Wildman–Crippen MR) is 56.4 cm³/mol. The third-order valence-corrected chi connectivity index (χ3v) is 4.04. The van der Waals surface area contributed by atoms with Gasteiger partial charge in [-0.25, -0.2) is 0 Å². The Kier molecular flexibility index (Phi) is 1.80. The molecule has 2 atom stereocenters. The van der Waals surface area contributed by atoms with Gasteiger partial charge in [0.25, 0.3) is 0 Å². The Balaban J connectivity index is 2.02. The lowest BCUT2D eigenvalue weighted by Crippen LogP contribution is -2.21. The van der Waals surface area contributed by atoms with Crippen molar-refractivity contribution in [1.29, 1.82) is 0 Å². The molecule has 2 fully saturated rings. The van der Waals surface area contributed by atoms with Gasteiger partial charge in [-0.05, 0) is 24.7 Å². The summed E-state index contributed by atoms with van der Waals surface area (Å²) in [6.45, 7) is 0. The van der Waals surface area contributed by atoms with Gasteiger partial charge in [0.1, 0.15) is 5.60 Å². The molecule has 2 aliphatic carbocycles. The molecule has 2 N–H and O–H groups in total. The monoisotopic (exact) mass is 205 g/mol. The molecule has 2 unspecified atom stereocenters. The Morgan fingerprint density at radius 1 is 1.33 bits per heavy atom. The van der Waals surface area contributed by atoms with Crippen LogP contribution < -0.4 is 5.43 Å². The van der Waals surface area contributed by atoms with E-state index in [0.717, 1.165) is 12.8 Å². The first-order valence-electron chi connectivity index (χ1n) is 5.64. The highest BCUT2D eigenvalue weighted by Crippen LogP contribution is 2.63. The van der Waals surface area contributed by atoms with Gasteiger partial charge in [0.05, 0.1) is 0 Å². The number of H-pyrrole nitrogens is 1. The molecule has 3 heteroatoms. The predicted octanol–water partition coefficient (Wildman–Crippen LogP) is 1.38. The van der Waals surface area contributed by atoms with Crippen LogP contribution in [0, 0.1) is 11.8 Å². The van der Waals surface area contributed by atoms with Gasteiger partial charge in [-0.2, -0.15) is 0 Å². The number of pyridine rings is 1. The molecule has 0 amide bonds. The van der Waals surface area contributed by atoms with Gasteiger partial charge in [-0.1, -0.05) is 12.8 Å². The van der Waals surface area contributed by atoms with Crippen LogP contribution in [0.5, 0.6) is 0 Å². The van der Waals surface area contributed by atoms with Gasteiger partial charge < -0.3 is 10.1 Å². The van der Waals surface area contributed by atoms with Crippen LogP contribution in [0.3, 0.4) is 0 Å². The first-order chi connectivity index (χ1) is 7.24. The summed E-state index contributed by atoms with van der Waals surface area (Å²) in [4.78, 5) is 14.6. The van der Waals surface area contributed by atoms with Crippen LogP contribution in [0.25, 0.3) is 0 Å². The van der Waals surface area contributed by atoms with Crippen LogP contribution in [-0.2, 0) is 5.60 Å². The van der Waals surface area contributed by atoms with Crippen molar-refractivity contribution in [1.82, 2.24) is 4.98 Å². The van der Waals surface area contributed by atoms with E-state index in [1.807, 2.05) is 0 Å². The van der Waals surface area contributed by atoms with E-state index in [-0.39, 0.29) is 5.43 Å². The average Bonchev–Trinajstić information content (AvgIpc) is 2.87. The van der Waals surface area contributed by atoms with Crippen LogP contribution in [-0.4, -0.2) is 10.1 Å². The maximum absolute atomic E-state index is 11.7. The van der Waals surface area contributed by atoms with Crippen molar-refractivity contribution in [2.45, 2.75) is 31.3 Å². The highest BCUT2D eigenvalue weighted by molar-refractivity contribution is 5.30. The third kappa shape index (κ3) is 1.13. The highest BCUT2D eigenvalue weighted by atomic mass is 16.3. The fourth-order valence-electron chi connectivity index (χ4n) is 3.22. The quantitative estimate of drug-likeness (QED) is 0.727. The molecule has 0 spiro atoms. The Labute approximate surface area is 88.1 Å². The van der Waals surface area contributed by atoms with E-state index in [1.54, 1.807) is 12.4 Å². The normalized spacial score (nSPS) is 38.5. The second-order valence-corrected chi connectivity index (χ2v) is 4.75. The minimum absolute atomic E-state index is 0.0364. The van der Waals surface area contributed by atoms with Crippen LogP contribution in [0.1, 0.15) is 31.2 Å². The number of aliphatic hydroxyl groups is 1. The van der Waals surface area contributed by atoms with Gasteiger partial charge in [0, 0.05) is 24.0 Å². The highest BCUT2D eigenvalue weighted by Gasteiger charge is 2.65. The van der Waals surface area contributed by atoms with Crippen LogP contribution >= 0.6 is 0 Å². The summed E-state index contributed by atoms with van der Waals surface area (Å²) in [6, 6.07) is 1.50. The summed E-state index contributed by atoms with van der Waals surface area (Å²) in [6.07, 6.45) is 7.79. The lowest BCUT2D eigenvalue weighted by atomic mass is 10.0. The second-order valence-electron chi connectivity index (χ2n) is 4.75. The zero-order valence-corrected chi connectivity index (χ0v) is 8.57. The first-order valence-corrected chi connectivity index (χ1v) is 5.64. The fourth-order valence-corrected chi connectivity index (χ4v) is 3.22. The number of hydrogen-bond acceptors (Lipinski definition) is 2. The van der Waals surface area contributed by atoms with E-state index in [2.05, 4.69) is 4.98 Å². The summed E-state index contributed by atoms with van der Waals surface area (Å²) < 4.78 is 0. The van der Waals surface area contributed by atoms with Gasteiger partial charge in [-0.15, -0.1) is 0 Å². The SMILES string of the molecule is O=c1cc[nH]cc1C1(O)C2CCCCC21. The Morgan fingerprint density at radius 2 is 2.00 bits per heavy atom. The van der Waals surface area contributed by atoms with Crippen molar-refractivity contribution in [3.8, 4) is 0 Å². The molecular weight excluding hydrogens is 190 g/mol. The molecular formula is C12H15NO2. The maximum Gasteiger partial charge on any atom is 0.187 e. The summed E-state index contributed by atoms with van der Waals surface area (Å²) >= 11 is 0. The molecule has 1 aromatic rings. The molecule has 1 heterocycles. The molecule has 0 aromatic carbocycles. The molecule has 2 saturated carbocycles. The second kappa shape index (κ2) is 2.95. The van der Waals surface area contributed by atoms with Crippen molar-refractivity contribution < 1.29 is 5.11 Å². The molecule has 1 aromatic heterocycles. The lowest BCUT2D eigenvalue weighted by molar-refractivity contribution is 0.116. The number of nitrogens with one attached hydrogen (secondary N) is 1. The van der Waals surface area contributed by atoms with E-state index in [9.17, 15) is 9.90 Å². The van der Waals surface area contributed by atoms with Gasteiger partial charge >= 0.3 is 0 Å². The van der Waals surface area contributed by atoms with Crippen molar-refractivity contribution in [3.63, 3.8) is 0 Å². The standard InChI is InChI=1S/C12H15NO2/c14-11-5-6-13-7-10(11)12(15)8-3-1-2-4-9(8)12/h5-9,15H,1-4H2,(H,13,14). The number of hydrogen-bond donors (Lipinski definition) is 2.